The molecule has 1 fully saturated rings. The maximum absolute atomic E-state index is 12.5. The van der Waals surface area contributed by atoms with Crippen LogP contribution in [-0.4, -0.2) is 36.4 Å². The lowest BCUT2D eigenvalue weighted by atomic mass is 9.89. The standard InChI is InChI=1S/C24H23F3N6O2S/c1-14-11-19(21-30-20(32-35-21)16-5-7-18(8-6-16)36-24(25,26)27)31-33(14)13-15-3-2-4-17(12-15)22(9-10-22)23(28,29)34/h2-8,11-12,34H,9-10,13,28-29H2,1H3. The van der Waals surface area contributed by atoms with Crippen LogP contribution >= 0.6 is 11.8 Å². The van der Waals surface area contributed by atoms with Gasteiger partial charge in [-0.15, -0.1) is 0 Å². The number of nitrogens with zero attached hydrogens (tertiary/aromatic N) is 4. The lowest BCUT2D eigenvalue weighted by Gasteiger charge is -2.29. The fourth-order valence-corrected chi connectivity index (χ4v) is 4.75. The van der Waals surface area contributed by atoms with E-state index in [1.807, 2.05) is 37.3 Å². The van der Waals surface area contributed by atoms with Crippen molar-refractivity contribution < 1.29 is 22.8 Å². The maximum Gasteiger partial charge on any atom is 0.446 e. The third kappa shape index (κ3) is 4.89. The zero-order chi connectivity index (χ0) is 25.7. The summed E-state index contributed by atoms with van der Waals surface area (Å²) in [6, 6.07) is 15.3. The Morgan fingerprint density at radius 2 is 1.83 bits per heavy atom. The summed E-state index contributed by atoms with van der Waals surface area (Å²) in [4.78, 5) is 4.43. The van der Waals surface area contributed by atoms with Crippen LogP contribution < -0.4 is 11.5 Å². The van der Waals surface area contributed by atoms with E-state index in [4.69, 9.17) is 16.0 Å². The van der Waals surface area contributed by atoms with Gasteiger partial charge in [-0.05, 0) is 73.0 Å². The Labute approximate surface area is 208 Å². The molecular formula is C24H23F3N6O2S. The van der Waals surface area contributed by atoms with Gasteiger partial charge in [-0.3, -0.25) is 16.1 Å². The number of thioether (sulfide) groups is 1. The van der Waals surface area contributed by atoms with Gasteiger partial charge in [0.1, 0.15) is 0 Å². The normalized spacial score (nSPS) is 15.3. The minimum absolute atomic E-state index is 0.0728. The van der Waals surface area contributed by atoms with Crippen molar-refractivity contribution in [2.24, 2.45) is 11.5 Å². The number of hydrogen-bond donors (Lipinski definition) is 3. The SMILES string of the molecule is Cc1cc(-c2nc(-c3ccc(SC(F)(F)F)cc3)no2)nn1Cc1cccc(C2(C(N)(N)O)CC2)c1. The lowest BCUT2D eigenvalue weighted by Crippen LogP contribution is -2.58. The summed E-state index contributed by atoms with van der Waals surface area (Å²) in [5.41, 5.74) is 10.4. The number of aromatic nitrogens is 4. The van der Waals surface area contributed by atoms with Gasteiger partial charge in [-0.2, -0.15) is 23.3 Å². The van der Waals surface area contributed by atoms with Crippen molar-refractivity contribution >= 4 is 11.8 Å². The maximum atomic E-state index is 12.5. The first kappa shape index (κ1) is 24.5. The van der Waals surface area contributed by atoms with E-state index in [9.17, 15) is 18.3 Å². The molecule has 1 saturated carbocycles. The van der Waals surface area contributed by atoms with Crippen LogP contribution in [0.2, 0.25) is 0 Å². The molecule has 0 aliphatic heterocycles. The Kier molecular flexibility index (Phi) is 5.94. The molecule has 0 atom stereocenters. The van der Waals surface area contributed by atoms with Gasteiger partial charge in [0.15, 0.2) is 11.5 Å². The number of alkyl halides is 3. The molecule has 0 radical (unpaired) electrons. The number of aryl methyl sites for hydroxylation is 1. The van der Waals surface area contributed by atoms with Gasteiger partial charge >= 0.3 is 5.51 Å². The summed E-state index contributed by atoms with van der Waals surface area (Å²) in [6.07, 6.45) is 1.43. The van der Waals surface area contributed by atoms with Gasteiger partial charge in [-0.1, -0.05) is 29.4 Å². The summed E-state index contributed by atoms with van der Waals surface area (Å²) in [5.74, 6) is -1.34. The molecule has 1 aliphatic carbocycles. The van der Waals surface area contributed by atoms with E-state index in [-0.39, 0.29) is 28.4 Å². The van der Waals surface area contributed by atoms with E-state index in [2.05, 4.69) is 15.2 Å². The molecule has 8 nitrogen and oxygen atoms in total. The molecule has 12 heteroatoms. The van der Waals surface area contributed by atoms with Crippen LogP contribution in [0.15, 0.2) is 64.0 Å². The highest BCUT2D eigenvalue weighted by molar-refractivity contribution is 8.00. The molecule has 5 rings (SSSR count). The Balaban J connectivity index is 1.33. The number of nitrogens with two attached hydrogens (primary N) is 2. The minimum Gasteiger partial charge on any atom is -0.363 e. The van der Waals surface area contributed by atoms with Gasteiger partial charge in [-0.25, -0.2) is 0 Å². The number of aliphatic hydroxyl groups is 1. The van der Waals surface area contributed by atoms with Gasteiger partial charge < -0.3 is 9.63 Å². The zero-order valence-electron chi connectivity index (χ0n) is 19.2. The van der Waals surface area contributed by atoms with Gasteiger partial charge in [0.25, 0.3) is 5.89 Å². The van der Waals surface area contributed by atoms with Crippen molar-refractivity contribution in [3.8, 4) is 23.0 Å². The molecular weight excluding hydrogens is 493 g/mol. The van der Waals surface area contributed by atoms with Crippen molar-refractivity contribution in [3.63, 3.8) is 0 Å². The zero-order valence-corrected chi connectivity index (χ0v) is 20.0. The van der Waals surface area contributed by atoms with Crippen molar-refractivity contribution in [2.45, 2.75) is 48.0 Å². The van der Waals surface area contributed by atoms with Crippen LogP contribution in [-0.2, 0) is 12.0 Å². The Hall–Kier alpha value is -3.19. The molecule has 2 aromatic carbocycles. The second-order valence-corrected chi connectivity index (χ2v) is 10.1. The van der Waals surface area contributed by atoms with Gasteiger partial charge in [0.2, 0.25) is 5.82 Å². The topological polar surface area (TPSA) is 129 Å². The van der Waals surface area contributed by atoms with E-state index in [1.165, 1.54) is 24.3 Å². The van der Waals surface area contributed by atoms with Gasteiger partial charge in [0.05, 0.1) is 12.0 Å². The number of halogens is 3. The molecule has 0 unspecified atom stereocenters. The summed E-state index contributed by atoms with van der Waals surface area (Å²) < 4.78 is 44.8. The molecule has 0 spiro atoms. The predicted molar refractivity (Wildman–Crippen MR) is 127 cm³/mol. The third-order valence-corrected chi connectivity index (χ3v) is 7.04. The second kappa shape index (κ2) is 8.73. The van der Waals surface area contributed by atoms with Crippen molar-refractivity contribution in [1.82, 2.24) is 19.9 Å². The average molecular weight is 517 g/mol. The lowest BCUT2D eigenvalue weighted by molar-refractivity contribution is -0.0328. The van der Waals surface area contributed by atoms with Crippen LogP contribution in [0, 0.1) is 6.92 Å². The minimum atomic E-state index is -4.35. The third-order valence-electron chi connectivity index (χ3n) is 6.30. The van der Waals surface area contributed by atoms with Crippen LogP contribution in [0.25, 0.3) is 23.0 Å². The average Bonchev–Trinajstić information content (AvgIpc) is 3.36. The second-order valence-electron chi connectivity index (χ2n) is 8.93. The summed E-state index contributed by atoms with van der Waals surface area (Å²) in [7, 11) is 0. The largest absolute Gasteiger partial charge is 0.446 e. The van der Waals surface area contributed by atoms with Crippen LogP contribution in [0.5, 0.6) is 0 Å². The molecule has 1 aliphatic rings. The summed E-state index contributed by atoms with van der Waals surface area (Å²) in [5, 5.41) is 18.8. The van der Waals surface area contributed by atoms with E-state index in [1.54, 1.807) is 4.68 Å². The monoisotopic (exact) mass is 516 g/mol. The summed E-state index contributed by atoms with van der Waals surface area (Å²) >= 11 is -0.183. The van der Waals surface area contributed by atoms with Crippen LogP contribution in [0.3, 0.4) is 0 Å². The molecule has 0 amide bonds. The molecule has 36 heavy (non-hydrogen) atoms. The van der Waals surface area contributed by atoms with Crippen molar-refractivity contribution in [2.75, 3.05) is 0 Å². The smallest absolute Gasteiger partial charge is 0.363 e. The van der Waals surface area contributed by atoms with E-state index >= 15 is 0 Å². The summed E-state index contributed by atoms with van der Waals surface area (Å²) in [6.45, 7) is 2.36. The molecule has 2 aromatic heterocycles. The van der Waals surface area contributed by atoms with Crippen molar-refractivity contribution in [1.29, 1.82) is 0 Å². The number of hydrogen-bond acceptors (Lipinski definition) is 8. The van der Waals surface area contributed by atoms with E-state index < -0.39 is 16.8 Å². The Bertz CT molecular complexity index is 1390. The Morgan fingerprint density at radius 3 is 2.47 bits per heavy atom. The highest BCUT2D eigenvalue weighted by Crippen LogP contribution is 2.52. The first-order valence-corrected chi connectivity index (χ1v) is 11.9. The van der Waals surface area contributed by atoms with Crippen LogP contribution in [0.1, 0.15) is 29.7 Å². The quantitative estimate of drug-likeness (QED) is 0.247. The fraction of sp³-hybridized carbons (Fsp3) is 0.292. The van der Waals surface area contributed by atoms with E-state index in [0.29, 0.717) is 30.6 Å². The first-order chi connectivity index (χ1) is 16.9. The molecule has 0 saturated heterocycles. The fourth-order valence-electron chi connectivity index (χ4n) is 4.21. The Morgan fingerprint density at radius 1 is 1.11 bits per heavy atom. The molecule has 5 N–H and O–H groups in total. The van der Waals surface area contributed by atoms with Gasteiger partial charge in [0, 0.05) is 16.2 Å². The molecule has 2 heterocycles. The van der Waals surface area contributed by atoms with E-state index in [0.717, 1.165) is 16.8 Å². The number of benzene rings is 2. The first-order valence-electron chi connectivity index (χ1n) is 11.1. The highest BCUT2D eigenvalue weighted by atomic mass is 32.2. The number of rotatable bonds is 7. The molecule has 0 bridgehead atoms. The van der Waals surface area contributed by atoms with Crippen LogP contribution in [0.4, 0.5) is 13.2 Å². The molecule has 4 aromatic rings. The van der Waals surface area contributed by atoms with Crippen molar-refractivity contribution in [3.05, 3.63) is 71.4 Å². The highest BCUT2D eigenvalue weighted by Gasteiger charge is 2.56. The predicted octanol–water partition coefficient (Wildman–Crippen LogP) is 4.16. The molecule has 188 valence electrons.